The highest BCUT2D eigenvalue weighted by atomic mass is 16.5. The monoisotopic (exact) mass is 316 g/mol. The molecule has 1 aromatic heterocycles. The smallest absolute Gasteiger partial charge is 0.310 e. The van der Waals surface area contributed by atoms with Gasteiger partial charge in [-0.3, -0.25) is 9.89 Å². The van der Waals surface area contributed by atoms with Crippen molar-refractivity contribution in [3.8, 4) is 11.9 Å². The molecule has 2 aliphatic rings. The minimum absolute atomic E-state index is 0.0303. The number of H-pyrrole nitrogens is 1. The molecule has 7 nitrogen and oxygen atoms in total. The van der Waals surface area contributed by atoms with E-state index in [1.54, 1.807) is 6.92 Å². The highest BCUT2D eigenvalue weighted by molar-refractivity contribution is 5.78. The summed E-state index contributed by atoms with van der Waals surface area (Å²) in [6, 6.07) is 2.18. The molecule has 2 heterocycles. The van der Waals surface area contributed by atoms with E-state index in [2.05, 4.69) is 16.3 Å². The number of esters is 1. The zero-order valence-electron chi connectivity index (χ0n) is 13.3. The van der Waals surface area contributed by atoms with Crippen LogP contribution in [-0.2, 0) is 14.9 Å². The zero-order chi connectivity index (χ0) is 16.6. The number of ether oxygens (including phenoxy) is 2. The molecular formula is C16H20N4O3. The van der Waals surface area contributed by atoms with Gasteiger partial charge in [0.15, 0.2) is 0 Å². The minimum atomic E-state index is -0.812. The lowest BCUT2D eigenvalue weighted by atomic mass is 9.58. The Morgan fingerprint density at radius 3 is 3.09 bits per heavy atom. The summed E-state index contributed by atoms with van der Waals surface area (Å²) in [6.07, 6.45) is 3.12. The number of fused-ring (bicyclic) bond motifs is 2. The Morgan fingerprint density at radius 2 is 2.39 bits per heavy atom. The predicted octanol–water partition coefficient (Wildman–Crippen LogP) is 1.80. The second-order valence-corrected chi connectivity index (χ2v) is 6.00. The first-order valence-electron chi connectivity index (χ1n) is 7.86. The molecule has 0 radical (unpaired) electrons. The molecule has 0 saturated heterocycles. The van der Waals surface area contributed by atoms with Gasteiger partial charge in [0.2, 0.25) is 11.8 Å². The van der Waals surface area contributed by atoms with Crippen LogP contribution in [0.25, 0.3) is 0 Å². The van der Waals surface area contributed by atoms with Crippen LogP contribution < -0.4 is 10.5 Å². The van der Waals surface area contributed by atoms with Crippen molar-refractivity contribution in [3.63, 3.8) is 0 Å². The summed E-state index contributed by atoms with van der Waals surface area (Å²) < 4.78 is 10.8. The molecule has 1 aliphatic heterocycles. The number of nitrogens with two attached hydrogens (primary N) is 1. The van der Waals surface area contributed by atoms with E-state index in [1.807, 2.05) is 6.92 Å². The number of aromatic nitrogens is 2. The largest absolute Gasteiger partial charge is 0.466 e. The number of allylic oxidation sites excluding steroid dienone is 1. The van der Waals surface area contributed by atoms with Crippen LogP contribution in [0.15, 0.2) is 11.5 Å². The highest BCUT2D eigenvalue weighted by Gasteiger charge is 2.55. The van der Waals surface area contributed by atoms with Gasteiger partial charge in [0.1, 0.15) is 11.6 Å². The molecule has 1 saturated carbocycles. The average Bonchev–Trinajstić information content (AvgIpc) is 2.89. The molecule has 1 aromatic rings. The van der Waals surface area contributed by atoms with Crippen LogP contribution in [0.1, 0.15) is 43.9 Å². The fourth-order valence-corrected chi connectivity index (χ4v) is 3.99. The number of carbonyl (C=O) groups is 1. The van der Waals surface area contributed by atoms with Gasteiger partial charge in [-0.25, -0.2) is 0 Å². The third-order valence-corrected chi connectivity index (χ3v) is 4.85. The molecule has 1 aliphatic carbocycles. The maximum absolute atomic E-state index is 12.6. The number of aromatic amines is 1. The lowest BCUT2D eigenvalue weighted by molar-refractivity contribution is -0.151. The second kappa shape index (κ2) is 5.61. The van der Waals surface area contributed by atoms with Crippen molar-refractivity contribution >= 4 is 5.97 Å². The number of nitriles is 1. The lowest BCUT2D eigenvalue weighted by Crippen LogP contribution is -2.47. The van der Waals surface area contributed by atoms with E-state index in [9.17, 15) is 10.1 Å². The van der Waals surface area contributed by atoms with Gasteiger partial charge in [-0.15, -0.1) is 5.10 Å². The number of nitrogens with zero attached hydrogens (tertiary/aromatic N) is 2. The number of hydrogen-bond acceptors (Lipinski definition) is 6. The van der Waals surface area contributed by atoms with E-state index in [-0.39, 0.29) is 11.9 Å². The first-order valence-corrected chi connectivity index (χ1v) is 7.86. The van der Waals surface area contributed by atoms with Crippen molar-refractivity contribution in [1.82, 2.24) is 10.2 Å². The molecule has 2 atom stereocenters. The average molecular weight is 316 g/mol. The predicted molar refractivity (Wildman–Crippen MR) is 81.0 cm³/mol. The SMILES string of the molecule is CCOC(=O)[C@H]1CCCC[C@@]12C(C#N)=C(N)Oc1n[nH]c(C)c12. The third-order valence-electron chi connectivity index (χ3n) is 4.85. The van der Waals surface area contributed by atoms with Gasteiger partial charge in [0.05, 0.1) is 17.9 Å². The summed E-state index contributed by atoms with van der Waals surface area (Å²) in [5.74, 6) is -0.359. The van der Waals surface area contributed by atoms with Crippen LogP contribution in [0.4, 0.5) is 0 Å². The van der Waals surface area contributed by atoms with Crippen LogP contribution in [0.2, 0.25) is 0 Å². The molecule has 0 amide bonds. The Hall–Kier alpha value is -2.49. The fourth-order valence-electron chi connectivity index (χ4n) is 3.99. The number of nitrogens with one attached hydrogen (secondary N) is 1. The number of rotatable bonds is 2. The van der Waals surface area contributed by atoms with Crippen molar-refractivity contribution in [1.29, 1.82) is 5.26 Å². The molecule has 0 unspecified atom stereocenters. The van der Waals surface area contributed by atoms with Crippen molar-refractivity contribution < 1.29 is 14.3 Å². The Labute approximate surface area is 134 Å². The van der Waals surface area contributed by atoms with Crippen molar-refractivity contribution in [2.24, 2.45) is 11.7 Å². The first-order chi connectivity index (χ1) is 11.1. The molecule has 3 N–H and O–H groups in total. The third kappa shape index (κ3) is 2.09. The quantitative estimate of drug-likeness (QED) is 0.804. The van der Waals surface area contributed by atoms with Gasteiger partial charge in [-0.1, -0.05) is 12.8 Å². The second-order valence-electron chi connectivity index (χ2n) is 6.00. The highest BCUT2D eigenvalue weighted by Crippen LogP contribution is 2.55. The molecule has 1 fully saturated rings. The standard InChI is InChI=1S/C16H20N4O3/c1-3-22-15(21)10-6-4-5-7-16(10)11(8-17)13(18)23-14-12(16)9(2)19-20-14/h10H,3-7,18H2,1-2H3,(H,19,20)/t10-,16+/m1/s1. The maximum atomic E-state index is 12.6. The van der Waals surface area contributed by atoms with Gasteiger partial charge < -0.3 is 15.2 Å². The molecule has 3 rings (SSSR count). The van der Waals surface area contributed by atoms with Crippen molar-refractivity contribution in [2.75, 3.05) is 6.61 Å². The van der Waals surface area contributed by atoms with E-state index in [4.69, 9.17) is 15.2 Å². The topological polar surface area (TPSA) is 114 Å². The van der Waals surface area contributed by atoms with E-state index in [0.717, 1.165) is 24.1 Å². The van der Waals surface area contributed by atoms with E-state index in [1.165, 1.54) is 0 Å². The number of carbonyl (C=O) groups excluding carboxylic acids is 1. The summed E-state index contributed by atoms with van der Waals surface area (Å²) in [6.45, 7) is 3.95. The van der Waals surface area contributed by atoms with Crippen LogP contribution >= 0.6 is 0 Å². The Bertz CT molecular complexity index is 715. The minimum Gasteiger partial charge on any atom is -0.466 e. The van der Waals surface area contributed by atoms with Crippen LogP contribution in [0, 0.1) is 24.2 Å². The van der Waals surface area contributed by atoms with E-state index in [0.29, 0.717) is 30.9 Å². The van der Waals surface area contributed by atoms with Gasteiger partial charge in [0.25, 0.3) is 0 Å². The van der Waals surface area contributed by atoms with Crippen LogP contribution in [-0.4, -0.2) is 22.8 Å². The lowest BCUT2D eigenvalue weighted by Gasteiger charge is -2.44. The van der Waals surface area contributed by atoms with Crippen LogP contribution in [0.5, 0.6) is 5.88 Å². The summed E-state index contributed by atoms with van der Waals surface area (Å²) >= 11 is 0. The van der Waals surface area contributed by atoms with Crippen LogP contribution in [0.3, 0.4) is 0 Å². The normalized spacial score (nSPS) is 26.4. The molecule has 1 spiro atoms. The molecule has 0 aromatic carbocycles. The zero-order valence-corrected chi connectivity index (χ0v) is 13.3. The maximum Gasteiger partial charge on any atom is 0.310 e. The Balaban J connectivity index is 2.24. The molecule has 0 bridgehead atoms. The summed E-state index contributed by atoms with van der Waals surface area (Å²) in [4.78, 5) is 12.6. The van der Waals surface area contributed by atoms with Gasteiger partial charge in [-0.2, -0.15) is 5.26 Å². The van der Waals surface area contributed by atoms with Crippen molar-refractivity contribution in [3.05, 3.63) is 22.7 Å². The molecule has 23 heavy (non-hydrogen) atoms. The first kappa shape index (κ1) is 15.4. The Morgan fingerprint density at radius 1 is 1.61 bits per heavy atom. The molecule has 7 heteroatoms. The van der Waals surface area contributed by atoms with Gasteiger partial charge in [0, 0.05) is 11.3 Å². The van der Waals surface area contributed by atoms with Gasteiger partial charge >= 0.3 is 5.97 Å². The summed E-state index contributed by atoms with van der Waals surface area (Å²) in [7, 11) is 0. The molecule has 122 valence electrons. The summed E-state index contributed by atoms with van der Waals surface area (Å²) in [5, 5.41) is 16.7. The number of aryl methyl sites for hydroxylation is 1. The molecular weight excluding hydrogens is 296 g/mol. The van der Waals surface area contributed by atoms with E-state index < -0.39 is 11.3 Å². The Kier molecular flexibility index (Phi) is 3.76. The van der Waals surface area contributed by atoms with Crippen molar-refractivity contribution in [2.45, 2.75) is 44.9 Å². The fraction of sp³-hybridized carbons (Fsp3) is 0.562. The summed E-state index contributed by atoms with van der Waals surface area (Å²) in [5.41, 5.74) is 7.04. The van der Waals surface area contributed by atoms with Gasteiger partial charge in [-0.05, 0) is 26.7 Å². The van der Waals surface area contributed by atoms with E-state index >= 15 is 0 Å². The number of hydrogen-bond donors (Lipinski definition) is 2.